The second-order valence-corrected chi connectivity index (χ2v) is 5.90. The van der Waals surface area contributed by atoms with E-state index in [1.165, 1.54) is 0 Å². The van der Waals surface area contributed by atoms with Gasteiger partial charge in [0.05, 0.1) is 5.69 Å². The summed E-state index contributed by atoms with van der Waals surface area (Å²) in [7, 11) is 0. The highest BCUT2D eigenvalue weighted by Gasteiger charge is 2.07. The lowest BCUT2D eigenvalue weighted by Crippen LogP contribution is -2.19. The van der Waals surface area contributed by atoms with E-state index in [4.69, 9.17) is 0 Å². The number of phenolic OH excluding ortho intramolecular Hbond substituents is 1. The summed E-state index contributed by atoms with van der Waals surface area (Å²) in [4.78, 5) is 13.3. The zero-order chi connectivity index (χ0) is 16.2. The molecular weight excluding hydrogens is 308 g/mol. The number of carbonyl (C=O) groups is 1. The first kappa shape index (κ1) is 15.2. The van der Waals surface area contributed by atoms with Crippen LogP contribution in [0, 0.1) is 0 Å². The van der Waals surface area contributed by atoms with Crippen molar-refractivity contribution in [3.8, 4) is 5.75 Å². The number of carbonyl (C=O) groups excluding carboxylic acids is 1. The minimum Gasteiger partial charge on any atom is -0.508 e. The van der Waals surface area contributed by atoms with Crippen LogP contribution in [0.4, 0.5) is 16.2 Å². The van der Waals surface area contributed by atoms with Crippen LogP contribution in [-0.2, 0) is 0 Å². The smallest absolute Gasteiger partial charge is 0.323 e. The van der Waals surface area contributed by atoms with Crippen molar-refractivity contribution in [3.05, 3.63) is 60.7 Å². The monoisotopic (exact) mass is 324 g/mol. The molecule has 3 aromatic rings. The lowest BCUT2D eigenvalue weighted by molar-refractivity contribution is 0.262. The molecule has 0 saturated heterocycles. The number of aromatic hydroxyl groups is 1. The van der Waals surface area contributed by atoms with Crippen molar-refractivity contribution in [1.82, 2.24) is 0 Å². The molecule has 5 heteroatoms. The molecule has 0 spiro atoms. The second-order valence-electron chi connectivity index (χ2n) is 5.02. The number of hydrogen-bond donors (Lipinski definition) is 3. The molecule has 0 aliphatic rings. The van der Waals surface area contributed by atoms with Gasteiger partial charge in [-0.25, -0.2) is 4.79 Å². The number of thioether (sulfide) groups is 1. The Morgan fingerprint density at radius 2 is 1.78 bits per heavy atom. The highest BCUT2D eigenvalue weighted by molar-refractivity contribution is 7.98. The van der Waals surface area contributed by atoms with E-state index < -0.39 is 0 Å². The highest BCUT2D eigenvalue weighted by Crippen LogP contribution is 2.27. The van der Waals surface area contributed by atoms with E-state index in [0.29, 0.717) is 5.69 Å². The first-order valence-electron chi connectivity index (χ1n) is 7.09. The van der Waals surface area contributed by atoms with Crippen LogP contribution < -0.4 is 10.6 Å². The summed E-state index contributed by atoms with van der Waals surface area (Å²) in [5.74, 6) is 0.166. The molecule has 0 fully saturated rings. The molecule has 0 heterocycles. The molecule has 0 aliphatic carbocycles. The van der Waals surface area contributed by atoms with Crippen molar-refractivity contribution in [1.29, 1.82) is 0 Å². The minimum absolute atomic E-state index is 0.166. The average molecular weight is 324 g/mol. The number of anilines is 2. The Labute approximate surface area is 138 Å². The number of fused-ring (bicyclic) bond motifs is 1. The van der Waals surface area contributed by atoms with Crippen LogP contribution in [0.15, 0.2) is 65.6 Å². The van der Waals surface area contributed by atoms with Crippen LogP contribution in [0.2, 0.25) is 0 Å². The van der Waals surface area contributed by atoms with Crippen molar-refractivity contribution >= 4 is 39.9 Å². The van der Waals surface area contributed by atoms with E-state index in [2.05, 4.69) is 10.6 Å². The second kappa shape index (κ2) is 6.62. The van der Waals surface area contributed by atoms with Gasteiger partial charge in [0.2, 0.25) is 0 Å². The van der Waals surface area contributed by atoms with Gasteiger partial charge in [-0.05, 0) is 54.1 Å². The average Bonchev–Trinajstić information content (AvgIpc) is 2.56. The third kappa shape index (κ3) is 3.57. The van der Waals surface area contributed by atoms with Crippen molar-refractivity contribution in [2.45, 2.75) is 4.90 Å². The molecule has 0 aromatic heterocycles. The van der Waals surface area contributed by atoms with Gasteiger partial charge >= 0.3 is 6.03 Å². The molecule has 0 atom stereocenters. The molecule has 116 valence electrons. The lowest BCUT2D eigenvalue weighted by Gasteiger charge is -2.10. The molecule has 23 heavy (non-hydrogen) atoms. The van der Waals surface area contributed by atoms with E-state index in [9.17, 15) is 9.90 Å². The zero-order valence-corrected chi connectivity index (χ0v) is 13.4. The molecule has 0 aliphatic heterocycles. The predicted octanol–water partition coefficient (Wildman–Crippen LogP) is 4.91. The van der Waals surface area contributed by atoms with Gasteiger partial charge < -0.3 is 15.7 Å². The molecule has 3 aromatic carbocycles. The summed E-state index contributed by atoms with van der Waals surface area (Å²) in [6, 6.07) is 18.0. The fourth-order valence-electron chi connectivity index (χ4n) is 2.33. The Balaban J connectivity index is 1.78. The number of phenols is 1. The summed E-state index contributed by atoms with van der Waals surface area (Å²) in [5, 5.41) is 17.0. The molecule has 0 unspecified atom stereocenters. The molecule has 2 amide bonds. The van der Waals surface area contributed by atoms with Crippen LogP contribution in [0.5, 0.6) is 5.75 Å². The Morgan fingerprint density at radius 1 is 1.00 bits per heavy atom. The Hall–Kier alpha value is -2.66. The first-order chi connectivity index (χ1) is 11.2. The molecule has 3 rings (SSSR count). The highest BCUT2D eigenvalue weighted by atomic mass is 32.2. The molecular formula is C18H16N2O2S. The Kier molecular flexibility index (Phi) is 4.39. The SMILES string of the molecule is CSc1ccc(NC(=O)Nc2cccc3ccc(O)cc23)cc1. The Morgan fingerprint density at radius 3 is 2.52 bits per heavy atom. The third-order valence-corrected chi connectivity index (χ3v) is 4.21. The maximum absolute atomic E-state index is 12.2. The van der Waals surface area contributed by atoms with Gasteiger partial charge in [0, 0.05) is 16.0 Å². The fraction of sp³-hybridized carbons (Fsp3) is 0.0556. The fourth-order valence-corrected chi connectivity index (χ4v) is 2.74. The van der Waals surface area contributed by atoms with Gasteiger partial charge in [-0.15, -0.1) is 11.8 Å². The van der Waals surface area contributed by atoms with Crippen LogP contribution in [0.3, 0.4) is 0 Å². The van der Waals surface area contributed by atoms with Crippen LogP contribution >= 0.6 is 11.8 Å². The number of urea groups is 1. The van der Waals surface area contributed by atoms with Crippen molar-refractivity contribution < 1.29 is 9.90 Å². The van der Waals surface area contributed by atoms with E-state index in [-0.39, 0.29) is 11.8 Å². The van der Waals surface area contributed by atoms with Gasteiger partial charge in [0.25, 0.3) is 0 Å². The quantitative estimate of drug-likeness (QED) is 0.600. The topological polar surface area (TPSA) is 61.4 Å². The summed E-state index contributed by atoms with van der Waals surface area (Å²) in [6.07, 6.45) is 2.01. The van der Waals surface area contributed by atoms with Crippen molar-refractivity contribution in [3.63, 3.8) is 0 Å². The van der Waals surface area contributed by atoms with Gasteiger partial charge in [-0.3, -0.25) is 0 Å². The summed E-state index contributed by atoms with van der Waals surface area (Å²) >= 11 is 1.65. The first-order valence-corrected chi connectivity index (χ1v) is 8.32. The summed E-state index contributed by atoms with van der Waals surface area (Å²) < 4.78 is 0. The van der Waals surface area contributed by atoms with E-state index in [1.807, 2.05) is 48.7 Å². The van der Waals surface area contributed by atoms with Crippen LogP contribution in [-0.4, -0.2) is 17.4 Å². The summed E-state index contributed by atoms with van der Waals surface area (Å²) in [5.41, 5.74) is 1.38. The molecule has 3 N–H and O–H groups in total. The number of amides is 2. The molecule has 4 nitrogen and oxygen atoms in total. The number of nitrogens with one attached hydrogen (secondary N) is 2. The number of hydrogen-bond acceptors (Lipinski definition) is 3. The zero-order valence-electron chi connectivity index (χ0n) is 12.5. The van der Waals surface area contributed by atoms with E-state index >= 15 is 0 Å². The van der Waals surface area contributed by atoms with E-state index in [1.54, 1.807) is 30.0 Å². The summed E-state index contributed by atoms with van der Waals surface area (Å²) in [6.45, 7) is 0. The minimum atomic E-state index is -0.322. The van der Waals surface area contributed by atoms with Crippen molar-refractivity contribution in [2.75, 3.05) is 16.9 Å². The van der Waals surface area contributed by atoms with Gasteiger partial charge in [0.15, 0.2) is 0 Å². The van der Waals surface area contributed by atoms with Crippen LogP contribution in [0.25, 0.3) is 10.8 Å². The maximum Gasteiger partial charge on any atom is 0.323 e. The normalized spacial score (nSPS) is 10.5. The maximum atomic E-state index is 12.2. The number of benzene rings is 3. The Bertz CT molecular complexity index is 847. The molecule has 0 saturated carbocycles. The van der Waals surface area contributed by atoms with Gasteiger partial charge in [-0.2, -0.15) is 0 Å². The van der Waals surface area contributed by atoms with Crippen molar-refractivity contribution in [2.24, 2.45) is 0 Å². The van der Waals surface area contributed by atoms with Gasteiger partial charge in [-0.1, -0.05) is 18.2 Å². The third-order valence-electron chi connectivity index (χ3n) is 3.46. The van der Waals surface area contributed by atoms with E-state index in [0.717, 1.165) is 21.4 Å². The largest absolute Gasteiger partial charge is 0.508 e. The van der Waals surface area contributed by atoms with Crippen LogP contribution in [0.1, 0.15) is 0 Å². The molecule has 0 radical (unpaired) electrons. The number of rotatable bonds is 3. The standard InChI is InChI=1S/C18H16N2O2S/c1-23-15-9-6-13(7-10-15)19-18(22)20-17-4-2-3-12-5-8-14(21)11-16(12)17/h2-11,21H,1H3,(H2,19,20,22). The van der Waals surface area contributed by atoms with Gasteiger partial charge in [0.1, 0.15) is 5.75 Å². The predicted molar refractivity (Wildman–Crippen MR) is 96.5 cm³/mol. The lowest BCUT2D eigenvalue weighted by atomic mass is 10.1. The molecule has 0 bridgehead atoms.